The van der Waals surface area contributed by atoms with Gasteiger partial charge in [-0.25, -0.2) is 13.8 Å². The zero-order valence-corrected chi connectivity index (χ0v) is 7.35. The van der Waals surface area contributed by atoms with E-state index < -0.39 is 11.6 Å². The predicted molar refractivity (Wildman–Crippen MR) is 42.8 cm³/mol. The normalized spacial score (nSPS) is 10.9. The van der Waals surface area contributed by atoms with Gasteiger partial charge in [0.15, 0.2) is 11.5 Å². The van der Waals surface area contributed by atoms with Gasteiger partial charge < -0.3 is 4.40 Å². The van der Waals surface area contributed by atoms with E-state index in [-0.39, 0.29) is 5.65 Å². The minimum atomic E-state index is -0.666. The van der Waals surface area contributed by atoms with E-state index in [1.165, 1.54) is 10.6 Å². The van der Waals surface area contributed by atoms with E-state index in [0.717, 1.165) is 12.3 Å². The highest BCUT2D eigenvalue weighted by Gasteiger charge is 2.06. The van der Waals surface area contributed by atoms with Crippen molar-refractivity contribution in [3.63, 3.8) is 0 Å². The fourth-order valence-electron chi connectivity index (χ4n) is 0.995. The van der Waals surface area contributed by atoms with Crippen LogP contribution in [-0.2, 0) is 0 Å². The number of hydrogen-bond acceptors (Lipinski definition) is 1. The van der Waals surface area contributed by atoms with Crippen LogP contribution in [0.1, 0.15) is 0 Å². The number of fused-ring (bicyclic) bond motifs is 1. The molecule has 0 spiro atoms. The monoisotopic (exact) mass is 232 g/mol. The standard InChI is InChI=1S/C7H3BrF2N2/c8-6-3-12-2-4(9)1-5(10)7(12)11-6/h1-3H. The lowest BCUT2D eigenvalue weighted by atomic mass is 10.4. The minimum Gasteiger partial charge on any atom is -0.301 e. The SMILES string of the molecule is Fc1cc(F)c2nc(Br)cn2c1. The van der Waals surface area contributed by atoms with Gasteiger partial charge in [0.05, 0.1) is 0 Å². The number of rotatable bonds is 0. The summed E-state index contributed by atoms with van der Waals surface area (Å²) in [6, 6.07) is 0.800. The van der Waals surface area contributed by atoms with Crippen LogP contribution in [0, 0.1) is 11.6 Å². The summed E-state index contributed by atoms with van der Waals surface area (Å²) in [6.07, 6.45) is 2.65. The Morgan fingerprint density at radius 2 is 2.08 bits per heavy atom. The van der Waals surface area contributed by atoms with Gasteiger partial charge in [-0.1, -0.05) is 0 Å². The molecular weight excluding hydrogens is 230 g/mol. The van der Waals surface area contributed by atoms with Crippen LogP contribution in [0.2, 0.25) is 0 Å². The second kappa shape index (κ2) is 2.52. The van der Waals surface area contributed by atoms with Gasteiger partial charge in [0.25, 0.3) is 0 Å². The average Bonchev–Trinajstić information content (AvgIpc) is 2.29. The lowest BCUT2D eigenvalue weighted by Gasteiger charge is -1.93. The molecule has 0 N–H and O–H groups in total. The maximum absolute atomic E-state index is 12.9. The summed E-state index contributed by atoms with van der Waals surface area (Å²) in [5.74, 6) is -1.29. The van der Waals surface area contributed by atoms with Gasteiger partial charge in [0, 0.05) is 18.5 Å². The van der Waals surface area contributed by atoms with Gasteiger partial charge in [0.2, 0.25) is 0 Å². The Morgan fingerprint density at radius 3 is 2.83 bits per heavy atom. The molecule has 0 amide bonds. The lowest BCUT2D eigenvalue weighted by molar-refractivity contribution is 0.576. The Balaban J connectivity index is 2.88. The highest BCUT2D eigenvalue weighted by atomic mass is 79.9. The number of nitrogens with zero attached hydrogens (tertiary/aromatic N) is 2. The lowest BCUT2D eigenvalue weighted by Crippen LogP contribution is -1.89. The smallest absolute Gasteiger partial charge is 0.174 e. The summed E-state index contributed by atoms with van der Waals surface area (Å²) in [6.45, 7) is 0. The molecule has 2 rings (SSSR count). The molecule has 12 heavy (non-hydrogen) atoms. The van der Waals surface area contributed by atoms with Crippen molar-refractivity contribution in [1.29, 1.82) is 0 Å². The number of aromatic nitrogens is 2. The van der Waals surface area contributed by atoms with E-state index in [0.29, 0.717) is 4.60 Å². The van der Waals surface area contributed by atoms with Crippen LogP contribution in [0.5, 0.6) is 0 Å². The molecule has 0 aromatic carbocycles. The molecule has 5 heteroatoms. The molecule has 62 valence electrons. The second-order valence-electron chi connectivity index (χ2n) is 2.30. The molecule has 0 bridgehead atoms. The average molecular weight is 233 g/mol. The zero-order chi connectivity index (χ0) is 8.72. The van der Waals surface area contributed by atoms with Crippen LogP contribution in [0.3, 0.4) is 0 Å². The second-order valence-corrected chi connectivity index (χ2v) is 3.11. The number of halogens is 3. The van der Waals surface area contributed by atoms with Crippen molar-refractivity contribution in [2.75, 3.05) is 0 Å². The summed E-state index contributed by atoms with van der Waals surface area (Å²) in [5, 5.41) is 0. The van der Waals surface area contributed by atoms with Crippen LogP contribution in [0.4, 0.5) is 8.78 Å². The molecule has 0 unspecified atom stereocenters. The van der Waals surface area contributed by atoms with Gasteiger partial charge in [-0.05, 0) is 15.9 Å². The van der Waals surface area contributed by atoms with Crippen LogP contribution < -0.4 is 0 Å². The van der Waals surface area contributed by atoms with E-state index >= 15 is 0 Å². The first-order chi connectivity index (χ1) is 5.66. The van der Waals surface area contributed by atoms with E-state index in [9.17, 15) is 8.78 Å². The summed E-state index contributed by atoms with van der Waals surface area (Å²) in [4.78, 5) is 3.79. The van der Waals surface area contributed by atoms with Crippen molar-refractivity contribution < 1.29 is 8.78 Å². The van der Waals surface area contributed by atoms with Crippen molar-refractivity contribution >= 4 is 21.6 Å². The Kier molecular flexibility index (Phi) is 1.61. The van der Waals surface area contributed by atoms with Crippen LogP contribution in [-0.4, -0.2) is 9.38 Å². The summed E-state index contributed by atoms with van der Waals surface area (Å²) >= 11 is 3.06. The van der Waals surface area contributed by atoms with Gasteiger partial charge in [-0.2, -0.15) is 0 Å². The minimum absolute atomic E-state index is 0.114. The molecule has 2 nitrogen and oxygen atoms in total. The molecule has 0 saturated carbocycles. The van der Waals surface area contributed by atoms with Crippen LogP contribution in [0.25, 0.3) is 5.65 Å². The van der Waals surface area contributed by atoms with E-state index in [1.807, 2.05) is 0 Å². The maximum Gasteiger partial charge on any atom is 0.174 e. The molecule has 2 aromatic rings. The van der Waals surface area contributed by atoms with Gasteiger partial charge in [0.1, 0.15) is 10.4 Å². The highest BCUT2D eigenvalue weighted by molar-refractivity contribution is 9.10. The Morgan fingerprint density at radius 1 is 1.33 bits per heavy atom. The quantitative estimate of drug-likeness (QED) is 0.682. The van der Waals surface area contributed by atoms with Gasteiger partial charge in [-0.15, -0.1) is 0 Å². The number of imidazole rings is 1. The zero-order valence-electron chi connectivity index (χ0n) is 5.76. The molecule has 0 aliphatic heterocycles. The van der Waals surface area contributed by atoms with Crippen LogP contribution >= 0.6 is 15.9 Å². The Bertz CT molecular complexity index is 438. The molecular formula is C7H3BrF2N2. The first-order valence-electron chi connectivity index (χ1n) is 3.16. The maximum atomic E-state index is 12.9. The number of pyridine rings is 1. The van der Waals surface area contributed by atoms with E-state index in [1.54, 1.807) is 0 Å². The third kappa shape index (κ3) is 1.10. The van der Waals surface area contributed by atoms with Crippen LogP contribution in [0.15, 0.2) is 23.1 Å². The molecule has 2 heterocycles. The van der Waals surface area contributed by atoms with Crippen molar-refractivity contribution in [3.05, 3.63) is 34.7 Å². The first kappa shape index (κ1) is 7.67. The molecule has 2 aromatic heterocycles. The highest BCUT2D eigenvalue weighted by Crippen LogP contribution is 2.14. The molecule has 0 saturated heterocycles. The van der Waals surface area contributed by atoms with Crippen molar-refractivity contribution in [3.8, 4) is 0 Å². The molecule has 0 aliphatic carbocycles. The predicted octanol–water partition coefficient (Wildman–Crippen LogP) is 2.38. The summed E-state index contributed by atoms with van der Waals surface area (Å²) in [7, 11) is 0. The van der Waals surface area contributed by atoms with Gasteiger partial charge in [-0.3, -0.25) is 0 Å². The topological polar surface area (TPSA) is 17.3 Å². The van der Waals surface area contributed by atoms with E-state index in [4.69, 9.17) is 0 Å². The summed E-state index contributed by atoms with van der Waals surface area (Å²) in [5.41, 5.74) is 0.114. The summed E-state index contributed by atoms with van der Waals surface area (Å²) < 4.78 is 27.3. The Labute approximate surface area is 75.0 Å². The van der Waals surface area contributed by atoms with E-state index in [2.05, 4.69) is 20.9 Å². The molecule has 0 atom stereocenters. The first-order valence-corrected chi connectivity index (χ1v) is 3.95. The van der Waals surface area contributed by atoms with Gasteiger partial charge >= 0.3 is 0 Å². The number of hydrogen-bond donors (Lipinski definition) is 0. The Hall–Kier alpha value is -0.970. The molecule has 0 aliphatic rings. The molecule has 0 radical (unpaired) electrons. The van der Waals surface area contributed by atoms with Crippen molar-refractivity contribution in [2.24, 2.45) is 0 Å². The largest absolute Gasteiger partial charge is 0.301 e. The van der Waals surface area contributed by atoms with Crippen molar-refractivity contribution in [1.82, 2.24) is 9.38 Å². The van der Waals surface area contributed by atoms with Crippen molar-refractivity contribution in [2.45, 2.75) is 0 Å². The third-order valence-electron chi connectivity index (χ3n) is 1.44. The fourth-order valence-corrected chi connectivity index (χ4v) is 1.38. The third-order valence-corrected chi connectivity index (χ3v) is 1.83. The molecule has 0 fully saturated rings. The fraction of sp³-hybridized carbons (Fsp3) is 0.